The third kappa shape index (κ3) is 12.0. The first kappa shape index (κ1) is 49.2. The number of nitrogens with two attached hydrogens (primary N) is 2. The number of nitrogens with zero attached hydrogens (tertiary/aromatic N) is 6. The van der Waals surface area contributed by atoms with Crippen molar-refractivity contribution >= 4 is 61.9 Å². The number of phosphoric acid groups is 2. The standard InChI is InChI=1S/C37H46ClN9O17P2/c1-2-3-8-25(48)44-21(14-19-6-4-7-20(38)13-19)36(50)63-29-22(60-34(28(29)49)47-18-43-27-32(40)41-17-42-33(27)47)16-59-66(55,56)64-30-23(15-58-65(52,53)54)61-35(31(30)62-26-9-5-12-57-26)46-11-10-24(39)45-37(46)51/h2,4,6-7,10-11,13,17-18,21-23,26,28-31,34-35,49H,1,3,5,8-9,12,14-16H2,(H,44,48)(H,55,56)(H2,39,45,51)(H2,40,41,42)(H2,52,53,54)/t21?,22-,23+,26?,28+,29+,30+,31+,34+,35+/m0/s1. The fourth-order valence-electron chi connectivity index (χ4n) is 7.41. The third-order valence-electron chi connectivity index (χ3n) is 10.4. The highest BCUT2D eigenvalue weighted by atomic mass is 35.5. The summed E-state index contributed by atoms with van der Waals surface area (Å²) in [6, 6.07) is 6.40. The van der Waals surface area contributed by atoms with E-state index in [0.717, 1.165) is 10.9 Å². The van der Waals surface area contributed by atoms with Crippen LogP contribution in [0.2, 0.25) is 5.02 Å². The molecule has 0 aliphatic carbocycles. The maximum absolute atomic E-state index is 14.1. The van der Waals surface area contributed by atoms with Gasteiger partial charge in [0.15, 0.2) is 36.3 Å². The van der Waals surface area contributed by atoms with Gasteiger partial charge in [-0.3, -0.25) is 27.5 Å². The van der Waals surface area contributed by atoms with Gasteiger partial charge in [0.05, 0.1) is 19.5 Å². The van der Waals surface area contributed by atoms with E-state index in [1.807, 2.05) is 0 Å². The van der Waals surface area contributed by atoms with E-state index in [2.05, 4.69) is 36.4 Å². The van der Waals surface area contributed by atoms with Crippen LogP contribution < -0.4 is 22.5 Å². The Morgan fingerprint density at radius 1 is 1.03 bits per heavy atom. The van der Waals surface area contributed by atoms with Gasteiger partial charge in [-0.1, -0.05) is 29.8 Å². The summed E-state index contributed by atoms with van der Waals surface area (Å²) in [6.45, 7) is 1.98. The Kier molecular flexibility index (Phi) is 15.7. The van der Waals surface area contributed by atoms with Gasteiger partial charge in [0.2, 0.25) is 5.91 Å². The van der Waals surface area contributed by atoms with Crippen LogP contribution >= 0.6 is 27.2 Å². The highest BCUT2D eigenvalue weighted by molar-refractivity contribution is 7.47. The third-order valence-corrected chi connectivity index (χ3v) is 12.1. The van der Waals surface area contributed by atoms with Crippen molar-refractivity contribution in [1.82, 2.24) is 34.4 Å². The number of rotatable bonds is 20. The van der Waals surface area contributed by atoms with Gasteiger partial charge in [-0.25, -0.2) is 33.7 Å². The van der Waals surface area contributed by atoms with Gasteiger partial charge in [0, 0.05) is 37.1 Å². The van der Waals surface area contributed by atoms with Crippen LogP contribution in [0, 0.1) is 0 Å². The smallest absolute Gasteiger partial charge is 0.455 e. The van der Waals surface area contributed by atoms with Crippen molar-refractivity contribution in [2.24, 2.45) is 0 Å². The molecular formula is C37H46ClN9O17P2. The number of carbonyl (C=O) groups excluding carboxylic acids is 2. The molecule has 11 atom stereocenters. The fourth-order valence-corrected chi connectivity index (χ4v) is 8.92. The number of allylic oxidation sites excluding steroid dienone is 1. The highest BCUT2D eigenvalue weighted by Gasteiger charge is 2.54. The van der Waals surface area contributed by atoms with Crippen LogP contribution in [-0.4, -0.2) is 130 Å². The molecule has 3 aliphatic heterocycles. The molecule has 3 aromatic heterocycles. The number of aliphatic hydroxyl groups excluding tert-OH is 1. The number of hydrogen-bond donors (Lipinski definition) is 7. The molecule has 1 aromatic carbocycles. The summed E-state index contributed by atoms with van der Waals surface area (Å²) in [5, 5.41) is 14.8. The Labute approximate surface area is 378 Å². The number of anilines is 2. The van der Waals surface area contributed by atoms with Crippen LogP contribution in [0.15, 0.2) is 66.6 Å². The second-order valence-corrected chi connectivity index (χ2v) is 18.2. The lowest BCUT2D eigenvalue weighted by Crippen LogP contribution is -2.47. The number of esters is 1. The largest absolute Gasteiger partial charge is 0.472 e. The van der Waals surface area contributed by atoms with Gasteiger partial charge in [-0.2, -0.15) is 4.98 Å². The molecule has 0 spiro atoms. The number of phosphoric ester groups is 2. The highest BCUT2D eigenvalue weighted by Crippen LogP contribution is 2.51. The molecule has 3 saturated heterocycles. The summed E-state index contributed by atoms with van der Waals surface area (Å²) in [7, 11) is -10.6. The van der Waals surface area contributed by atoms with Crippen LogP contribution in [0.3, 0.4) is 0 Å². The van der Waals surface area contributed by atoms with E-state index in [0.29, 0.717) is 29.8 Å². The summed E-state index contributed by atoms with van der Waals surface area (Å²) >= 11 is 6.20. The number of aromatic nitrogens is 6. The van der Waals surface area contributed by atoms with Crippen LogP contribution in [-0.2, 0) is 62.4 Å². The molecule has 1 amide bonds. The second kappa shape index (κ2) is 21.0. The zero-order valence-corrected chi connectivity index (χ0v) is 37.1. The molecule has 66 heavy (non-hydrogen) atoms. The quantitative estimate of drug-likeness (QED) is 0.0366. The van der Waals surface area contributed by atoms with Gasteiger partial charge in [0.1, 0.15) is 54.2 Å². The van der Waals surface area contributed by atoms with Gasteiger partial charge in [0.25, 0.3) is 0 Å². The predicted octanol–water partition coefficient (Wildman–Crippen LogP) is 0.795. The van der Waals surface area contributed by atoms with Crippen molar-refractivity contribution in [2.75, 3.05) is 31.3 Å². The minimum atomic E-state index is -5.43. The molecule has 7 rings (SSSR count). The Morgan fingerprint density at radius 3 is 2.50 bits per heavy atom. The van der Waals surface area contributed by atoms with E-state index >= 15 is 0 Å². The molecule has 6 heterocycles. The molecular weight excluding hydrogens is 940 g/mol. The van der Waals surface area contributed by atoms with Gasteiger partial charge in [-0.15, -0.1) is 6.58 Å². The topological polar surface area (TPSA) is 366 Å². The van der Waals surface area contributed by atoms with Gasteiger partial charge >= 0.3 is 27.3 Å². The van der Waals surface area contributed by atoms with E-state index in [1.165, 1.54) is 29.2 Å². The number of fused-ring (bicyclic) bond motifs is 1. The molecule has 9 N–H and O–H groups in total. The van der Waals surface area contributed by atoms with E-state index in [9.17, 15) is 43.3 Å². The minimum Gasteiger partial charge on any atom is -0.455 e. The Hall–Kier alpha value is -4.76. The van der Waals surface area contributed by atoms with Crippen molar-refractivity contribution in [3.63, 3.8) is 0 Å². The molecule has 26 nitrogen and oxygen atoms in total. The Morgan fingerprint density at radius 2 is 1.79 bits per heavy atom. The first-order valence-corrected chi connectivity index (χ1v) is 23.5. The van der Waals surface area contributed by atoms with Crippen molar-refractivity contribution in [3.05, 3.63) is 82.9 Å². The van der Waals surface area contributed by atoms with Crippen LogP contribution in [0.25, 0.3) is 11.2 Å². The normalized spacial score (nSPS) is 26.8. The fraction of sp³-hybridized carbons (Fsp3) is 0.486. The average Bonchev–Trinajstić information content (AvgIpc) is 4.06. The summed E-state index contributed by atoms with van der Waals surface area (Å²) < 4.78 is 73.4. The monoisotopic (exact) mass is 985 g/mol. The van der Waals surface area contributed by atoms with Crippen molar-refractivity contribution < 1.29 is 75.8 Å². The number of carbonyl (C=O) groups is 2. The van der Waals surface area contributed by atoms with Gasteiger partial charge < -0.3 is 60.3 Å². The lowest BCUT2D eigenvalue weighted by Gasteiger charge is -2.29. The van der Waals surface area contributed by atoms with Crippen molar-refractivity contribution in [2.45, 2.75) is 93.5 Å². The van der Waals surface area contributed by atoms with Crippen molar-refractivity contribution in [3.8, 4) is 0 Å². The molecule has 3 aliphatic rings. The summed E-state index contributed by atoms with van der Waals surface area (Å²) in [5.41, 5.74) is 11.5. The van der Waals surface area contributed by atoms with Crippen molar-refractivity contribution in [1.29, 1.82) is 0 Å². The number of halogens is 1. The maximum atomic E-state index is 14.1. The SMILES string of the molecule is C=CCCC(=O)NC(Cc1cccc(Cl)c1)C(=O)O[C@H]1[C@@H](O)[C@H](n2cnc3c(N)ncnc32)O[C@H]1COP(=O)(O)O[C@H]1[C@@H](OC2CCCO2)[C@H](n2ccc(N)nc2=O)O[C@@H]1COP(=O)(O)O. The van der Waals surface area contributed by atoms with Crippen LogP contribution in [0.4, 0.5) is 11.6 Å². The zero-order valence-electron chi connectivity index (χ0n) is 34.5. The number of ether oxygens (including phenoxy) is 5. The summed E-state index contributed by atoms with van der Waals surface area (Å²) in [6.07, 6.45) is -7.81. The number of benzene rings is 1. The zero-order chi connectivity index (χ0) is 47.3. The maximum Gasteiger partial charge on any atom is 0.472 e. The molecule has 3 unspecified atom stereocenters. The summed E-state index contributed by atoms with van der Waals surface area (Å²) in [4.78, 5) is 86.4. The lowest BCUT2D eigenvalue weighted by atomic mass is 10.0. The Balaban J connectivity index is 1.17. The average molecular weight is 986 g/mol. The molecule has 4 aromatic rings. The van der Waals surface area contributed by atoms with E-state index < -0.39 is 108 Å². The number of hydrogen-bond acceptors (Lipinski definition) is 20. The minimum absolute atomic E-state index is 0.00883. The summed E-state index contributed by atoms with van der Waals surface area (Å²) in [5.74, 6) is -1.73. The Bertz CT molecular complexity index is 2540. The number of nitrogens with one attached hydrogen (secondary N) is 1. The van der Waals surface area contributed by atoms with Crippen LogP contribution in [0.5, 0.6) is 0 Å². The number of amides is 1. The van der Waals surface area contributed by atoms with Gasteiger partial charge in [-0.05, 0) is 36.6 Å². The number of aliphatic hydroxyl groups is 1. The first-order valence-electron chi connectivity index (χ1n) is 20.1. The van der Waals surface area contributed by atoms with Crippen LogP contribution in [0.1, 0.15) is 43.7 Å². The lowest BCUT2D eigenvalue weighted by molar-refractivity contribution is -0.181. The molecule has 3 fully saturated rings. The van der Waals surface area contributed by atoms with E-state index in [4.69, 9.17) is 55.8 Å². The predicted molar refractivity (Wildman–Crippen MR) is 225 cm³/mol. The molecule has 0 saturated carbocycles. The van der Waals surface area contributed by atoms with E-state index in [-0.39, 0.29) is 42.2 Å². The molecule has 0 bridgehead atoms. The molecule has 358 valence electrons. The van der Waals surface area contributed by atoms with E-state index in [1.54, 1.807) is 24.3 Å². The number of nitrogen functional groups attached to an aromatic ring is 2. The first-order chi connectivity index (χ1) is 31.4. The second-order valence-electron chi connectivity index (χ2n) is 15.1. The molecule has 29 heteroatoms. The molecule has 0 radical (unpaired) electrons. The number of imidazole rings is 1.